The lowest BCUT2D eigenvalue weighted by molar-refractivity contribution is -0.384. The molecule has 1 N–H and O–H groups in total. The van der Waals surface area contributed by atoms with Gasteiger partial charge >= 0.3 is 0 Å². The van der Waals surface area contributed by atoms with E-state index in [0.29, 0.717) is 38.5 Å². The SMILES string of the molecule is CSC1=NN2C(=c3cc(Br)ccc3=NC2c2ccc(-c3ccc([N+](=O)[O-])cc3C)o2)C(=O)N1. The molecule has 3 aromatic rings. The molecule has 1 aromatic heterocycles. The van der Waals surface area contributed by atoms with E-state index in [4.69, 9.17) is 9.41 Å². The van der Waals surface area contributed by atoms with Gasteiger partial charge in [-0.25, -0.2) is 10.0 Å². The maximum absolute atomic E-state index is 13.0. The van der Waals surface area contributed by atoms with Crippen LogP contribution in [-0.4, -0.2) is 27.3 Å². The van der Waals surface area contributed by atoms with Gasteiger partial charge in [-0.1, -0.05) is 27.7 Å². The first-order valence-electron chi connectivity index (χ1n) is 9.82. The number of furan rings is 1. The minimum absolute atomic E-state index is 0.0191. The van der Waals surface area contributed by atoms with E-state index in [-0.39, 0.29) is 11.6 Å². The highest BCUT2D eigenvalue weighted by atomic mass is 79.9. The number of rotatable bonds is 3. The van der Waals surface area contributed by atoms with Crippen molar-refractivity contribution in [3.63, 3.8) is 0 Å². The molecule has 1 amide bonds. The molecule has 2 aliphatic rings. The third-order valence-electron chi connectivity index (χ3n) is 5.33. The lowest BCUT2D eigenvalue weighted by atomic mass is 10.1. The van der Waals surface area contributed by atoms with E-state index in [0.717, 1.165) is 10.0 Å². The number of nitro groups is 1. The normalized spacial score (nSPS) is 17.0. The van der Waals surface area contributed by atoms with E-state index in [1.54, 1.807) is 30.1 Å². The third kappa shape index (κ3) is 3.72. The second-order valence-corrected chi connectivity index (χ2v) is 9.09. The van der Waals surface area contributed by atoms with Gasteiger partial charge in [-0.15, -0.1) is 5.10 Å². The highest BCUT2D eigenvalue weighted by Crippen LogP contribution is 2.35. The summed E-state index contributed by atoms with van der Waals surface area (Å²) in [6, 6.07) is 13.7. The van der Waals surface area contributed by atoms with Gasteiger partial charge in [-0.3, -0.25) is 20.2 Å². The minimum atomic E-state index is -0.686. The quantitative estimate of drug-likeness (QED) is 0.414. The zero-order valence-electron chi connectivity index (χ0n) is 17.4. The highest BCUT2D eigenvalue weighted by Gasteiger charge is 2.36. The van der Waals surface area contributed by atoms with Crippen molar-refractivity contribution in [3.8, 4) is 11.3 Å². The molecule has 166 valence electrons. The molecule has 9 nitrogen and oxygen atoms in total. The summed E-state index contributed by atoms with van der Waals surface area (Å²) < 4.78 is 6.97. The van der Waals surface area contributed by atoms with E-state index in [1.807, 2.05) is 24.5 Å². The summed E-state index contributed by atoms with van der Waals surface area (Å²) >= 11 is 4.78. The Morgan fingerprint density at radius 2 is 2.03 bits per heavy atom. The zero-order chi connectivity index (χ0) is 23.3. The summed E-state index contributed by atoms with van der Waals surface area (Å²) in [5.41, 5.74) is 1.85. The van der Waals surface area contributed by atoms with Crippen molar-refractivity contribution in [2.45, 2.75) is 13.1 Å². The number of hydrazone groups is 1. The van der Waals surface area contributed by atoms with Gasteiger partial charge in [0.15, 0.2) is 10.9 Å². The molecule has 0 aliphatic carbocycles. The summed E-state index contributed by atoms with van der Waals surface area (Å²) in [6.45, 7) is 1.79. The molecule has 1 unspecified atom stereocenters. The molecule has 33 heavy (non-hydrogen) atoms. The number of nitro benzene ring substituents is 1. The number of non-ortho nitro benzene ring substituents is 1. The Labute approximate surface area is 200 Å². The molecular formula is C22H16BrN5O4S. The van der Waals surface area contributed by atoms with Crippen molar-refractivity contribution < 1.29 is 14.1 Å². The Bertz CT molecular complexity index is 1480. The Morgan fingerprint density at radius 1 is 1.21 bits per heavy atom. The number of halogens is 1. The Balaban J connectivity index is 1.63. The van der Waals surface area contributed by atoms with Gasteiger partial charge in [0.25, 0.3) is 11.6 Å². The molecule has 2 aliphatic heterocycles. The van der Waals surface area contributed by atoms with Crippen LogP contribution in [0.4, 0.5) is 5.69 Å². The second kappa shape index (κ2) is 8.16. The van der Waals surface area contributed by atoms with Gasteiger partial charge in [0.05, 0.1) is 10.3 Å². The van der Waals surface area contributed by atoms with Gasteiger partial charge in [-0.05, 0) is 55.1 Å². The number of hydrogen-bond donors (Lipinski definition) is 1. The predicted octanol–water partition coefficient (Wildman–Crippen LogP) is 3.43. The molecule has 0 saturated carbocycles. The van der Waals surface area contributed by atoms with E-state index in [2.05, 4.69) is 26.3 Å². The van der Waals surface area contributed by atoms with Gasteiger partial charge in [-0.2, -0.15) is 0 Å². The van der Waals surface area contributed by atoms with Crippen LogP contribution in [0, 0.1) is 17.0 Å². The highest BCUT2D eigenvalue weighted by molar-refractivity contribution is 9.10. The lowest BCUT2D eigenvalue weighted by Gasteiger charge is -2.32. The van der Waals surface area contributed by atoms with Crippen molar-refractivity contribution >= 4 is 50.2 Å². The van der Waals surface area contributed by atoms with Gasteiger partial charge < -0.3 is 4.42 Å². The number of thioether (sulfide) groups is 1. The zero-order valence-corrected chi connectivity index (χ0v) is 19.8. The first kappa shape index (κ1) is 21.4. The van der Waals surface area contributed by atoms with Crippen LogP contribution in [0.1, 0.15) is 17.5 Å². The summed E-state index contributed by atoms with van der Waals surface area (Å²) in [5, 5.41) is 21.8. The van der Waals surface area contributed by atoms with Crippen LogP contribution in [-0.2, 0) is 4.79 Å². The standard InChI is InChI=1S/C22H16BrN5O4S/c1-11-9-13(28(30)31)4-5-14(11)17-7-8-18(32-17)20-24-16-6-3-12(23)10-15(16)19-21(29)25-22(33-2)26-27(19)20/h3-10,20H,1-2H3,(H,25,26,29). The van der Waals surface area contributed by atoms with Crippen molar-refractivity contribution in [2.75, 3.05) is 6.26 Å². The van der Waals surface area contributed by atoms with Crippen LogP contribution in [0.25, 0.3) is 17.0 Å². The largest absolute Gasteiger partial charge is 0.457 e. The van der Waals surface area contributed by atoms with Crippen molar-refractivity contribution in [1.82, 2.24) is 10.3 Å². The van der Waals surface area contributed by atoms with Crippen LogP contribution in [0.3, 0.4) is 0 Å². The van der Waals surface area contributed by atoms with Crippen molar-refractivity contribution in [1.29, 1.82) is 0 Å². The first-order chi connectivity index (χ1) is 15.9. The molecule has 1 atom stereocenters. The summed E-state index contributed by atoms with van der Waals surface area (Å²) in [7, 11) is 0. The molecule has 3 heterocycles. The van der Waals surface area contributed by atoms with Crippen molar-refractivity contribution in [2.24, 2.45) is 10.1 Å². The van der Waals surface area contributed by atoms with E-state index in [1.165, 1.54) is 23.9 Å². The fourth-order valence-corrected chi connectivity index (χ4v) is 4.53. The molecule has 0 saturated heterocycles. The molecule has 0 radical (unpaired) electrons. The monoisotopic (exact) mass is 525 g/mol. The van der Waals surface area contributed by atoms with Gasteiger partial charge in [0.1, 0.15) is 11.5 Å². The minimum Gasteiger partial charge on any atom is -0.457 e. The number of nitrogens with one attached hydrogen (secondary N) is 1. The number of amides is 1. The number of carbonyl (C=O) groups excluding carboxylic acids is 1. The summed E-state index contributed by atoms with van der Waals surface area (Å²) in [4.78, 5) is 28.4. The van der Waals surface area contributed by atoms with Gasteiger partial charge in [0.2, 0.25) is 6.17 Å². The third-order valence-corrected chi connectivity index (χ3v) is 6.39. The molecule has 0 fully saturated rings. The van der Waals surface area contributed by atoms with E-state index in [9.17, 15) is 14.9 Å². The Kier molecular flexibility index (Phi) is 5.29. The smallest absolute Gasteiger partial charge is 0.276 e. The molecule has 11 heteroatoms. The number of fused-ring (bicyclic) bond motifs is 2. The topological polar surface area (TPSA) is 113 Å². The Hall–Kier alpha value is -3.44. The molecule has 5 rings (SSSR count). The van der Waals surface area contributed by atoms with Crippen LogP contribution >= 0.6 is 27.7 Å². The number of aryl methyl sites for hydroxylation is 1. The number of hydrogen-bond acceptors (Lipinski definition) is 8. The molecular weight excluding hydrogens is 510 g/mol. The van der Waals surface area contributed by atoms with Crippen LogP contribution in [0.2, 0.25) is 0 Å². The van der Waals surface area contributed by atoms with E-state index < -0.39 is 11.1 Å². The Morgan fingerprint density at radius 3 is 2.76 bits per heavy atom. The maximum atomic E-state index is 13.0. The number of benzene rings is 2. The number of nitrogens with zero attached hydrogens (tertiary/aromatic N) is 4. The van der Waals surface area contributed by atoms with Crippen molar-refractivity contribution in [3.05, 3.63) is 85.0 Å². The second-order valence-electron chi connectivity index (χ2n) is 7.38. The fourth-order valence-electron chi connectivity index (χ4n) is 3.80. The molecule has 0 spiro atoms. The van der Waals surface area contributed by atoms with Crippen LogP contribution in [0.15, 0.2) is 67.5 Å². The van der Waals surface area contributed by atoms with Gasteiger partial charge in [0, 0.05) is 27.4 Å². The fraction of sp³-hybridized carbons (Fsp3) is 0.136. The number of amidine groups is 1. The maximum Gasteiger partial charge on any atom is 0.276 e. The average Bonchev–Trinajstić information content (AvgIpc) is 3.27. The van der Waals surface area contributed by atoms with E-state index >= 15 is 0 Å². The van der Waals surface area contributed by atoms with Crippen LogP contribution < -0.4 is 15.9 Å². The molecule has 2 aromatic carbocycles. The predicted molar refractivity (Wildman–Crippen MR) is 128 cm³/mol. The molecule has 0 bridgehead atoms. The van der Waals surface area contributed by atoms with Crippen LogP contribution in [0.5, 0.6) is 0 Å². The average molecular weight is 526 g/mol. The first-order valence-corrected chi connectivity index (χ1v) is 11.8. The number of carbonyl (C=O) groups is 1. The summed E-state index contributed by atoms with van der Waals surface area (Å²) in [5.74, 6) is 0.769. The summed E-state index contributed by atoms with van der Waals surface area (Å²) in [6.07, 6.45) is 1.14. The lowest BCUT2D eigenvalue weighted by Crippen LogP contribution is -2.50.